The molecule has 0 heterocycles. The molecular weight excluding hydrogens is 320 g/mol. The Kier molecular flexibility index (Phi) is 11.3. The molecule has 0 unspecified atom stereocenters. The van der Waals surface area contributed by atoms with Gasteiger partial charge in [-0.1, -0.05) is 66.0 Å². The molecular formula is C24H40O2. The van der Waals surface area contributed by atoms with Crippen molar-refractivity contribution in [2.45, 2.75) is 104 Å². The molecule has 0 spiro atoms. The lowest BCUT2D eigenvalue weighted by Crippen LogP contribution is -2.21. The molecule has 2 saturated carbocycles. The van der Waals surface area contributed by atoms with E-state index < -0.39 is 0 Å². The normalized spacial score (nSPS) is 23.0. The van der Waals surface area contributed by atoms with Gasteiger partial charge in [0.2, 0.25) is 0 Å². The van der Waals surface area contributed by atoms with Crippen molar-refractivity contribution in [2.24, 2.45) is 5.92 Å². The van der Waals surface area contributed by atoms with Crippen LogP contribution in [-0.4, -0.2) is 12.1 Å². The van der Waals surface area contributed by atoms with Crippen molar-refractivity contribution in [3.8, 4) is 0 Å². The van der Waals surface area contributed by atoms with Crippen molar-refractivity contribution in [2.75, 3.05) is 0 Å². The van der Waals surface area contributed by atoms with Crippen LogP contribution < -0.4 is 0 Å². The zero-order valence-electron chi connectivity index (χ0n) is 17.7. The van der Waals surface area contributed by atoms with Gasteiger partial charge < -0.3 is 4.74 Å². The van der Waals surface area contributed by atoms with Crippen LogP contribution in [-0.2, 0) is 4.74 Å². The van der Waals surface area contributed by atoms with E-state index in [0.717, 1.165) is 18.8 Å². The van der Waals surface area contributed by atoms with E-state index in [-0.39, 0.29) is 12.1 Å². The highest BCUT2D eigenvalue weighted by atomic mass is 16.5. The summed E-state index contributed by atoms with van der Waals surface area (Å²) in [7, 11) is 0. The summed E-state index contributed by atoms with van der Waals surface area (Å²) in [5.74, 6) is 1.41. The van der Waals surface area contributed by atoms with E-state index in [1.54, 1.807) is 0 Å². The maximum atomic E-state index is 12.2. The van der Waals surface area contributed by atoms with E-state index in [2.05, 4.69) is 19.1 Å². The molecule has 0 amide bonds. The molecule has 0 N–H and O–H groups in total. The molecule has 0 radical (unpaired) electrons. The van der Waals surface area contributed by atoms with Crippen LogP contribution in [0.1, 0.15) is 114 Å². The Labute approximate surface area is 161 Å². The number of esters is 1. The van der Waals surface area contributed by atoms with Crippen LogP contribution in [0, 0.1) is 5.92 Å². The van der Waals surface area contributed by atoms with Crippen LogP contribution in [0.15, 0.2) is 24.3 Å². The van der Waals surface area contributed by atoms with E-state index in [9.17, 15) is 4.79 Å². The third-order valence-electron chi connectivity index (χ3n) is 5.46. The second kappa shape index (κ2) is 12.9. The molecule has 148 valence electrons. The monoisotopic (exact) mass is 360 g/mol. The predicted molar refractivity (Wildman–Crippen MR) is 112 cm³/mol. The Morgan fingerprint density at radius 3 is 1.88 bits per heavy atom. The Morgan fingerprint density at radius 2 is 1.35 bits per heavy atom. The molecule has 0 saturated heterocycles. The molecule has 26 heavy (non-hydrogen) atoms. The summed E-state index contributed by atoms with van der Waals surface area (Å²) in [4.78, 5) is 12.2. The van der Waals surface area contributed by atoms with E-state index in [4.69, 9.17) is 4.74 Å². The fourth-order valence-electron chi connectivity index (χ4n) is 3.89. The van der Waals surface area contributed by atoms with Crippen LogP contribution >= 0.6 is 0 Å². The molecule has 2 aliphatic carbocycles. The van der Waals surface area contributed by atoms with E-state index in [1.807, 2.05) is 39.8 Å². The van der Waals surface area contributed by atoms with E-state index >= 15 is 0 Å². The summed E-state index contributed by atoms with van der Waals surface area (Å²) in [5.41, 5.74) is 2.10. The molecule has 2 aliphatic rings. The van der Waals surface area contributed by atoms with Gasteiger partial charge in [0.15, 0.2) is 0 Å². The fourth-order valence-corrected chi connectivity index (χ4v) is 3.89. The van der Waals surface area contributed by atoms with Gasteiger partial charge in [0.05, 0.1) is 5.56 Å². The highest BCUT2D eigenvalue weighted by molar-refractivity contribution is 5.89. The molecule has 3 rings (SSSR count). The van der Waals surface area contributed by atoms with Gasteiger partial charge in [0.1, 0.15) is 6.10 Å². The molecule has 0 aromatic heterocycles. The number of carbonyl (C=O) groups excluding carboxylic acids is 1. The second-order valence-corrected chi connectivity index (χ2v) is 7.24. The maximum Gasteiger partial charge on any atom is 0.338 e. The van der Waals surface area contributed by atoms with Crippen LogP contribution in [0.5, 0.6) is 0 Å². The minimum absolute atomic E-state index is 0.140. The molecule has 1 aromatic carbocycles. The third kappa shape index (κ3) is 7.13. The number of benzene rings is 1. The molecule has 0 atom stereocenters. The topological polar surface area (TPSA) is 26.3 Å². The predicted octanol–water partition coefficient (Wildman–Crippen LogP) is 7.52. The van der Waals surface area contributed by atoms with Gasteiger partial charge in [0.25, 0.3) is 0 Å². The van der Waals surface area contributed by atoms with Crippen molar-refractivity contribution < 1.29 is 9.53 Å². The molecule has 1 aromatic rings. The van der Waals surface area contributed by atoms with Gasteiger partial charge in [-0.15, -0.1) is 0 Å². The van der Waals surface area contributed by atoms with Crippen LogP contribution in [0.4, 0.5) is 0 Å². The largest absolute Gasteiger partial charge is 0.459 e. The van der Waals surface area contributed by atoms with E-state index in [1.165, 1.54) is 50.5 Å². The van der Waals surface area contributed by atoms with Crippen molar-refractivity contribution in [3.05, 3.63) is 35.4 Å². The van der Waals surface area contributed by atoms with Gasteiger partial charge in [-0.05, 0) is 68.1 Å². The van der Waals surface area contributed by atoms with Crippen LogP contribution in [0.25, 0.3) is 0 Å². The molecule has 2 heteroatoms. The van der Waals surface area contributed by atoms with Gasteiger partial charge in [0, 0.05) is 0 Å². The first kappa shape index (κ1) is 22.7. The standard InChI is InChI=1S/C20H28O2.2C2H6/c1-15-7-9-16(10-8-15)17-11-13-18(14-12-17)20(21)22-19-5-3-2-4-6-19;2*1-2/h11-16,19H,2-10H2,1H3;2*1-2H3. The summed E-state index contributed by atoms with van der Waals surface area (Å²) >= 11 is 0. The lowest BCUT2D eigenvalue weighted by atomic mass is 9.79. The summed E-state index contributed by atoms with van der Waals surface area (Å²) in [6.07, 6.45) is 11.1. The average molecular weight is 361 g/mol. The highest BCUT2D eigenvalue weighted by Crippen LogP contribution is 2.35. The number of ether oxygens (including phenoxy) is 1. The Bertz CT molecular complexity index is 477. The highest BCUT2D eigenvalue weighted by Gasteiger charge is 2.21. The maximum absolute atomic E-state index is 12.2. The molecule has 2 fully saturated rings. The zero-order chi connectivity index (χ0) is 19.4. The van der Waals surface area contributed by atoms with Crippen molar-refractivity contribution >= 4 is 5.97 Å². The van der Waals surface area contributed by atoms with Gasteiger partial charge in [-0.2, -0.15) is 0 Å². The lowest BCUT2D eigenvalue weighted by Gasteiger charge is -2.26. The van der Waals surface area contributed by atoms with Crippen molar-refractivity contribution in [1.29, 1.82) is 0 Å². The quantitative estimate of drug-likeness (QED) is 0.521. The van der Waals surface area contributed by atoms with Gasteiger partial charge >= 0.3 is 5.97 Å². The first-order chi connectivity index (χ1) is 12.7. The number of carbonyl (C=O) groups is 1. The summed E-state index contributed by atoms with van der Waals surface area (Å²) in [5, 5.41) is 0. The minimum Gasteiger partial charge on any atom is -0.459 e. The SMILES string of the molecule is CC.CC.CC1CCC(c2ccc(C(=O)OC3CCCCC3)cc2)CC1. The lowest BCUT2D eigenvalue weighted by molar-refractivity contribution is 0.0211. The van der Waals surface area contributed by atoms with Gasteiger partial charge in [-0.3, -0.25) is 0 Å². The van der Waals surface area contributed by atoms with Gasteiger partial charge in [-0.25, -0.2) is 4.79 Å². The average Bonchev–Trinajstić information content (AvgIpc) is 2.72. The third-order valence-corrected chi connectivity index (χ3v) is 5.46. The molecule has 0 aliphatic heterocycles. The van der Waals surface area contributed by atoms with Crippen molar-refractivity contribution in [1.82, 2.24) is 0 Å². The second-order valence-electron chi connectivity index (χ2n) is 7.24. The Morgan fingerprint density at radius 1 is 0.808 bits per heavy atom. The first-order valence-electron chi connectivity index (χ1n) is 11.0. The summed E-state index contributed by atoms with van der Waals surface area (Å²) < 4.78 is 5.64. The van der Waals surface area contributed by atoms with Crippen LogP contribution in [0.2, 0.25) is 0 Å². The fraction of sp³-hybridized carbons (Fsp3) is 0.708. The van der Waals surface area contributed by atoms with Crippen molar-refractivity contribution in [3.63, 3.8) is 0 Å². The Balaban J connectivity index is 0.000000791. The van der Waals surface area contributed by atoms with Crippen LogP contribution in [0.3, 0.4) is 0 Å². The van der Waals surface area contributed by atoms with E-state index in [0.29, 0.717) is 11.5 Å². The summed E-state index contributed by atoms with van der Waals surface area (Å²) in [6, 6.07) is 8.19. The number of rotatable bonds is 3. The zero-order valence-corrected chi connectivity index (χ0v) is 17.7. The minimum atomic E-state index is -0.143. The number of hydrogen-bond donors (Lipinski definition) is 0. The first-order valence-corrected chi connectivity index (χ1v) is 11.0. The number of hydrogen-bond acceptors (Lipinski definition) is 2. The summed E-state index contributed by atoms with van der Waals surface area (Å²) in [6.45, 7) is 10.3. The smallest absolute Gasteiger partial charge is 0.338 e. The molecule has 2 nitrogen and oxygen atoms in total. The Hall–Kier alpha value is -1.31. The molecule has 0 bridgehead atoms.